The molecular formula is C23H15Br2ClN2O3. The standard InChI is InChI=1S/C23H15Br2ClN2O3/c24-17-3-1-14(2-4-17)13-30-20-7-5-18(25)9-16(20)12-27-28-23(29)22-11-15-10-19(26)6-8-21(15)31-22/h1-12H,13H2,(H,28,29)/b27-12+. The van der Waals surface area contributed by atoms with Crippen LogP contribution in [0.4, 0.5) is 0 Å². The molecule has 1 amide bonds. The predicted octanol–water partition coefficient (Wildman–Crippen LogP) is 6.95. The molecule has 0 radical (unpaired) electrons. The number of hydrogen-bond donors (Lipinski definition) is 1. The van der Waals surface area contributed by atoms with Crippen molar-refractivity contribution in [3.05, 3.63) is 97.6 Å². The second-order valence-electron chi connectivity index (χ2n) is 6.59. The first-order valence-corrected chi connectivity index (χ1v) is 11.1. The van der Waals surface area contributed by atoms with Crippen LogP contribution in [-0.4, -0.2) is 12.1 Å². The summed E-state index contributed by atoms with van der Waals surface area (Å²) in [7, 11) is 0. The van der Waals surface area contributed by atoms with Crippen LogP contribution in [0.3, 0.4) is 0 Å². The molecular weight excluding hydrogens is 548 g/mol. The first-order chi connectivity index (χ1) is 15.0. The van der Waals surface area contributed by atoms with E-state index >= 15 is 0 Å². The molecule has 0 fully saturated rings. The number of hydrogen-bond acceptors (Lipinski definition) is 4. The van der Waals surface area contributed by atoms with Gasteiger partial charge in [-0.1, -0.05) is 55.6 Å². The third-order valence-electron chi connectivity index (χ3n) is 4.35. The molecule has 0 saturated heterocycles. The average Bonchev–Trinajstić information content (AvgIpc) is 3.17. The van der Waals surface area contributed by atoms with Crippen LogP contribution in [0.15, 0.2) is 85.2 Å². The number of furan rings is 1. The van der Waals surface area contributed by atoms with Crippen LogP contribution in [-0.2, 0) is 6.61 Å². The maximum Gasteiger partial charge on any atom is 0.307 e. The van der Waals surface area contributed by atoms with Crippen LogP contribution in [0.2, 0.25) is 5.02 Å². The molecule has 8 heteroatoms. The number of fused-ring (bicyclic) bond motifs is 1. The molecule has 1 heterocycles. The van der Waals surface area contributed by atoms with Gasteiger partial charge in [0.25, 0.3) is 0 Å². The molecule has 0 aliphatic heterocycles. The Morgan fingerprint density at radius 2 is 1.81 bits per heavy atom. The molecule has 0 aliphatic carbocycles. The largest absolute Gasteiger partial charge is 0.488 e. The number of rotatable bonds is 6. The van der Waals surface area contributed by atoms with E-state index in [0.717, 1.165) is 19.9 Å². The summed E-state index contributed by atoms with van der Waals surface area (Å²) >= 11 is 12.8. The molecule has 4 aromatic rings. The Morgan fingerprint density at radius 3 is 2.61 bits per heavy atom. The highest BCUT2D eigenvalue weighted by Gasteiger charge is 2.12. The molecule has 1 aromatic heterocycles. The summed E-state index contributed by atoms with van der Waals surface area (Å²) in [5.74, 6) is 0.328. The second kappa shape index (κ2) is 9.68. The number of nitrogens with zero attached hydrogens (tertiary/aromatic N) is 1. The van der Waals surface area contributed by atoms with Gasteiger partial charge in [-0.2, -0.15) is 5.10 Å². The number of carbonyl (C=O) groups is 1. The zero-order valence-corrected chi connectivity index (χ0v) is 19.9. The van der Waals surface area contributed by atoms with Crippen molar-refractivity contribution in [3.63, 3.8) is 0 Å². The summed E-state index contributed by atoms with van der Waals surface area (Å²) in [6, 6.07) is 20.2. The average molecular weight is 563 g/mol. The first kappa shape index (κ1) is 21.6. The van der Waals surface area contributed by atoms with Gasteiger partial charge >= 0.3 is 5.91 Å². The molecule has 0 aliphatic rings. The molecule has 31 heavy (non-hydrogen) atoms. The van der Waals surface area contributed by atoms with Crippen LogP contribution in [0, 0.1) is 0 Å². The van der Waals surface area contributed by atoms with E-state index in [1.165, 1.54) is 6.21 Å². The number of carbonyl (C=O) groups excluding carboxylic acids is 1. The van der Waals surface area contributed by atoms with Crippen molar-refractivity contribution >= 4 is 66.6 Å². The van der Waals surface area contributed by atoms with Crippen LogP contribution < -0.4 is 10.2 Å². The number of benzene rings is 3. The number of halogens is 3. The lowest BCUT2D eigenvalue weighted by Gasteiger charge is -2.10. The summed E-state index contributed by atoms with van der Waals surface area (Å²) in [5, 5.41) is 5.38. The van der Waals surface area contributed by atoms with Gasteiger partial charge in [-0.25, -0.2) is 5.43 Å². The Bertz CT molecular complexity index is 1270. The summed E-state index contributed by atoms with van der Waals surface area (Å²) in [6.45, 7) is 0.406. The number of hydrazone groups is 1. The minimum Gasteiger partial charge on any atom is -0.488 e. The minimum atomic E-state index is -0.462. The zero-order valence-electron chi connectivity index (χ0n) is 15.9. The SMILES string of the molecule is O=C(N/N=C/c1cc(Br)ccc1OCc1ccc(Br)cc1)c1cc2cc(Cl)ccc2o1. The molecule has 3 aromatic carbocycles. The Kier molecular flexibility index (Phi) is 6.75. The highest BCUT2D eigenvalue weighted by Crippen LogP contribution is 2.24. The van der Waals surface area contributed by atoms with Crippen molar-refractivity contribution < 1.29 is 13.9 Å². The number of nitrogens with one attached hydrogen (secondary N) is 1. The molecule has 0 bridgehead atoms. The smallest absolute Gasteiger partial charge is 0.307 e. The van der Waals surface area contributed by atoms with Gasteiger partial charge in [-0.3, -0.25) is 4.79 Å². The van der Waals surface area contributed by atoms with Gasteiger partial charge in [0.05, 0.1) is 6.21 Å². The quantitative estimate of drug-likeness (QED) is 0.204. The molecule has 0 unspecified atom stereocenters. The van der Waals surface area contributed by atoms with Crippen molar-refractivity contribution in [2.75, 3.05) is 0 Å². The monoisotopic (exact) mass is 560 g/mol. The number of ether oxygens (including phenoxy) is 1. The van der Waals surface area contributed by atoms with Gasteiger partial charge in [0.2, 0.25) is 0 Å². The van der Waals surface area contributed by atoms with Gasteiger partial charge in [0.15, 0.2) is 5.76 Å². The van der Waals surface area contributed by atoms with Crippen LogP contribution in [0.25, 0.3) is 11.0 Å². The molecule has 0 spiro atoms. The van der Waals surface area contributed by atoms with Crippen molar-refractivity contribution in [1.82, 2.24) is 5.43 Å². The highest BCUT2D eigenvalue weighted by molar-refractivity contribution is 9.10. The topological polar surface area (TPSA) is 63.8 Å². The number of amides is 1. The van der Waals surface area contributed by atoms with E-state index < -0.39 is 5.91 Å². The van der Waals surface area contributed by atoms with Crippen LogP contribution >= 0.6 is 43.5 Å². The zero-order chi connectivity index (χ0) is 21.8. The van der Waals surface area contributed by atoms with E-state index in [0.29, 0.717) is 28.5 Å². The van der Waals surface area contributed by atoms with Crippen molar-refractivity contribution in [1.29, 1.82) is 0 Å². The molecule has 0 saturated carbocycles. The van der Waals surface area contributed by atoms with Gasteiger partial charge < -0.3 is 9.15 Å². The summed E-state index contributed by atoms with van der Waals surface area (Å²) < 4.78 is 13.4. The molecule has 0 atom stereocenters. The Hall–Kier alpha value is -2.61. The Morgan fingerprint density at radius 1 is 1.03 bits per heavy atom. The van der Waals surface area contributed by atoms with E-state index in [1.807, 2.05) is 42.5 Å². The Balaban J connectivity index is 1.45. The van der Waals surface area contributed by atoms with E-state index in [4.69, 9.17) is 20.8 Å². The lowest BCUT2D eigenvalue weighted by molar-refractivity contribution is 0.0929. The first-order valence-electron chi connectivity index (χ1n) is 9.17. The van der Waals surface area contributed by atoms with Crippen LogP contribution in [0.5, 0.6) is 5.75 Å². The van der Waals surface area contributed by atoms with Gasteiger partial charge in [-0.15, -0.1) is 0 Å². The summed E-state index contributed by atoms with van der Waals surface area (Å²) in [6.07, 6.45) is 1.53. The van der Waals surface area contributed by atoms with Crippen molar-refractivity contribution in [2.45, 2.75) is 6.61 Å². The Labute approximate surface area is 200 Å². The van der Waals surface area contributed by atoms with E-state index in [1.54, 1.807) is 24.3 Å². The third kappa shape index (κ3) is 5.55. The summed E-state index contributed by atoms with van der Waals surface area (Å²) in [5.41, 5.74) is 4.80. The normalized spacial score (nSPS) is 11.2. The lowest BCUT2D eigenvalue weighted by atomic mass is 10.2. The molecule has 5 nitrogen and oxygen atoms in total. The minimum absolute atomic E-state index is 0.148. The molecule has 4 rings (SSSR count). The van der Waals surface area contributed by atoms with E-state index in [2.05, 4.69) is 42.4 Å². The lowest BCUT2D eigenvalue weighted by Crippen LogP contribution is -2.16. The summed E-state index contributed by atoms with van der Waals surface area (Å²) in [4.78, 5) is 12.4. The fourth-order valence-electron chi connectivity index (χ4n) is 2.84. The predicted molar refractivity (Wildman–Crippen MR) is 129 cm³/mol. The van der Waals surface area contributed by atoms with Crippen molar-refractivity contribution in [3.8, 4) is 5.75 Å². The van der Waals surface area contributed by atoms with Gasteiger partial charge in [-0.05, 0) is 60.2 Å². The molecule has 156 valence electrons. The van der Waals surface area contributed by atoms with Crippen molar-refractivity contribution in [2.24, 2.45) is 5.10 Å². The van der Waals surface area contributed by atoms with E-state index in [-0.39, 0.29) is 5.76 Å². The second-order valence-corrected chi connectivity index (χ2v) is 8.86. The van der Waals surface area contributed by atoms with Gasteiger partial charge in [0, 0.05) is 24.9 Å². The highest BCUT2D eigenvalue weighted by atomic mass is 79.9. The maximum absolute atomic E-state index is 12.4. The van der Waals surface area contributed by atoms with Gasteiger partial charge in [0.1, 0.15) is 17.9 Å². The third-order valence-corrected chi connectivity index (χ3v) is 5.61. The molecule has 1 N–H and O–H groups in total. The maximum atomic E-state index is 12.4. The fraction of sp³-hybridized carbons (Fsp3) is 0.0435. The fourth-order valence-corrected chi connectivity index (χ4v) is 3.66. The van der Waals surface area contributed by atoms with Crippen LogP contribution in [0.1, 0.15) is 21.7 Å². The van der Waals surface area contributed by atoms with E-state index in [9.17, 15) is 4.79 Å².